The van der Waals surface area contributed by atoms with Gasteiger partial charge in [0.1, 0.15) is 6.04 Å². The standard InChI is InChI=1S/C13H16N2O4/c1-7-13(17)15(2)9-6-11(19-4)10(18-3)5-8(9)12(16)14-7/h5-7H,1-4H3,(H,14,16). The van der Waals surface area contributed by atoms with Gasteiger partial charge in [-0.2, -0.15) is 0 Å². The van der Waals surface area contributed by atoms with E-state index in [0.717, 1.165) is 0 Å². The smallest absolute Gasteiger partial charge is 0.254 e. The van der Waals surface area contributed by atoms with Crippen LogP contribution in [0.25, 0.3) is 0 Å². The topological polar surface area (TPSA) is 67.9 Å². The van der Waals surface area contributed by atoms with Crippen LogP contribution in [0.2, 0.25) is 0 Å². The van der Waals surface area contributed by atoms with Crippen LogP contribution in [-0.4, -0.2) is 39.1 Å². The number of carbonyl (C=O) groups is 2. The monoisotopic (exact) mass is 264 g/mol. The fourth-order valence-corrected chi connectivity index (χ4v) is 2.07. The summed E-state index contributed by atoms with van der Waals surface area (Å²) in [6.07, 6.45) is 0. The summed E-state index contributed by atoms with van der Waals surface area (Å²) in [6.45, 7) is 1.65. The first-order valence-corrected chi connectivity index (χ1v) is 5.84. The van der Waals surface area contributed by atoms with Gasteiger partial charge >= 0.3 is 0 Å². The van der Waals surface area contributed by atoms with Crippen LogP contribution < -0.4 is 19.7 Å². The minimum atomic E-state index is -0.568. The van der Waals surface area contributed by atoms with E-state index in [4.69, 9.17) is 9.47 Å². The molecule has 0 saturated carbocycles. The van der Waals surface area contributed by atoms with Crippen LogP contribution in [0.15, 0.2) is 12.1 Å². The molecule has 1 atom stereocenters. The quantitative estimate of drug-likeness (QED) is 0.858. The highest BCUT2D eigenvalue weighted by atomic mass is 16.5. The highest BCUT2D eigenvalue weighted by Crippen LogP contribution is 2.35. The van der Waals surface area contributed by atoms with Crippen molar-refractivity contribution in [3.05, 3.63) is 17.7 Å². The van der Waals surface area contributed by atoms with Crippen molar-refractivity contribution in [1.82, 2.24) is 5.32 Å². The zero-order valence-corrected chi connectivity index (χ0v) is 11.3. The Morgan fingerprint density at radius 3 is 2.32 bits per heavy atom. The molecule has 2 amide bonds. The molecule has 0 radical (unpaired) electrons. The number of rotatable bonds is 2. The maximum absolute atomic E-state index is 12.1. The molecule has 1 heterocycles. The molecule has 2 rings (SSSR count). The Hall–Kier alpha value is -2.24. The van der Waals surface area contributed by atoms with E-state index in [9.17, 15) is 9.59 Å². The first kappa shape index (κ1) is 13.2. The molecule has 0 fully saturated rings. The maximum Gasteiger partial charge on any atom is 0.254 e. The summed E-state index contributed by atoms with van der Waals surface area (Å²) in [6, 6.07) is 2.64. The Morgan fingerprint density at radius 2 is 1.74 bits per heavy atom. The van der Waals surface area contributed by atoms with Crippen LogP contribution >= 0.6 is 0 Å². The normalized spacial score (nSPS) is 18.5. The predicted molar refractivity (Wildman–Crippen MR) is 69.9 cm³/mol. The van der Waals surface area contributed by atoms with E-state index in [-0.39, 0.29) is 11.8 Å². The van der Waals surface area contributed by atoms with Crippen LogP contribution in [0, 0.1) is 0 Å². The van der Waals surface area contributed by atoms with Gasteiger partial charge in [-0.3, -0.25) is 9.59 Å². The van der Waals surface area contributed by atoms with Crippen molar-refractivity contribution < 1.29 is 19.1 Å². The van der Waals surface area contributed by atoms with Crippen molar-refractivity contribution in [1.29, 1.82) is 0 Å². The SMILES string of the molecule is COc1cc2c(cc1OC)N(C)C(=O)C(C)NC2=O. The van der Waals surface area contributed by atoms with Crippen molar-refractivity contribution in [2.24, 2.45) is 0 Å². The lowest BCUT2D eigenvalue weighted by molar-refractivity contribution is -0.119. The zero-order chi connectivity index (χ0) is 14.2. The summed E-state index contributed by atoms with van der Waals surface area (Å²) < 4.78 is 10.4. The molecule has 102 valence electrons. The first-order valence-electron chi connectivity index (χ1n) is 5.84. The minimum absolute atomic E-state index is 0.181. The third kappa shape index (κ3) is 2.09. The van der Waals surface area contributed by atoms with Crippen LogP contribution in [0.3, 0.4) is 0 Å². The Morgan fingerprint density at radius 1 is 1.16 bits per heavy atom. The lowest BCUT2D eigenvalue weighted by Crippen LogP contribution is -2.42. The molecular weight excluding hydrogens is 248 g/mol. The van der Waals surface area contributed by atoms with Gasteiger partial charge in [-0.1, -0.05) is 0 Å². The number of hydrogen-bond acceptors (Lipinski definition) is 4. The van der Waals surface area contributed by atoms with E-state index >= 15 is 0 Å². The third-order valence-electron chi connectivity index (χ3n) is 3.16. The number of fused-ring (bicyclic) bond motifs is 1. The summed E-state index contributed by atoms with van der Waals surface area (Å²) in [5, 5.41) is 2.64. The first-order chi connectivity index (χ1) is 8.99. The summed E-state index contributed by atoms with van der Waals surface area (Å²) in [5.74, 6) is 0.440. The van der Waals surface area contributed by atoms with Gasteiger partial charge in [0.05, 0.1) is 25.5 Å². The van der Waals surface area contributed by atoms with E-state index in [1.54, 1.807) is 26.1 Å². The Labute approximate surface area is 111 Å². The number of carbonyl (C=O) groups excluding carboxylic acids is 2. The van der Waals surface area contributed by atoms with Gasteiger partial charge < -0.3 is 19.7 Å². The largest absolute Gasteiger partial charge is 0.493 e. The van der Waals surface area contributed by atoms with E-state index < -0.39 is 6.04 Å². The number of benzene rings is 1. The Kier molecular flexibility index (Phi) is 3.33. The average Bonchev–Trinajstić information content (AvgIpc) is 2.49. The second-order valence-electron chi connectivity index (χ2n) is 4.32. The van der Waals surface area contributed by atoms with Crippen LogP contribution in [0.4, 0.5) is 5.69 Å². The van der Waals surface area contributed by atoms with Crippen molar-refractivity contribution in [2.75, 3.05) is 26.2 Å². The van der Waals surface area contributed by atoms with Crippen molar-refractivity contribution >= 4 is 17.5 Å². The molecule has 1 unspecified atom stereocenters. The number of amides is 2. The van der Waals surface area contributed by atoms with Gasteiger partial charge in [-0.25, -0.2) is 0 Å². The van der Waals surface area contributed by atoms with Crippen molar-refractivity contribution in [3.63, 3.8) is 0 Å². The van der Waals surface area contributed by atoms with Gasteiger partial charge in [-0.05, 0) is 13.0 Å². The number of ether oxygens (including phenoxy) is 2. The molecule has 1 N–H and O–H groups in total. The fraction of sp³-hybridized carbons (Fsp3) is 0.385. The maximum atomic E-state index is 12.1. The highest BCUT2D eigenvalue weighted by molar-refractivity contribution is 6.11. The molecule has 6 heteroatoms. The van der Waals surface area contributed by atoms with Crippen molar-refractivity contribution in [3.8, 4) is 11.5 Å². The summed E-state index contributed by atoms with van der Waals surface area (Å²) in [5.41, 5.74) is 0.891. The van der Waals surface area contributed by atoms with Crippen LogP contribution in [0.5, 0.6) is 11.5 Å². The van der Waals surface area contributed by atoms with E-state index in [2.05, 4.69) is 5.32 Å². The van der Waals surface area contributed by atoms with Gasteiger partial charge in [0.2, 0.25) is 5.91 Å². The Bertz CT molecular complexity index is 542. The third-order valence-corrected chi connectivity index (χ3v) is 3.16. The summed E-state index contributed by atoms with van der Waals surface area (Å²) in [4.78, 5) is 25.6. The number of nitrogens with zero attached hydrogens (tertiary/aromatic N) is 1. The minimum Gasteiger partial charge on any atom is -0.493 e. The molecule has 0 aliphatic carbocycles. The zero-order valence-electron chi connectivity index (χ0n) is 11.3. The molecule has 19 heavy (non-hydrogen) atoms. The molecule has 6 nitrogen and oxygen atoms in total. The Balaban J connectivity index is 2.64. The van der Waals surface area contributed by atoms with E-state index in [1.807, 2.05) is 0 Å². The lowest BCUT2D eigenvalue weighted by Gasteiger charge is -2.19. The number of likely N-dealkylation sites (N-methyl/N-ethyl adjacent to an activating group) is 1. The summed E-state index contributed by atoms with van der Waals surface area (Å²) in [7, 11) is 4.63. The molecular formula is C13H16N2O4. The molecule has 0 aromatic heterocycles. The number of anilines is 1. The van der Waals surface area contributed by atoms with Crippen LogP contribution in [0.1, 0.15) is 17.3 Å². The number of nitrogens with one attached hydrogen (secondary N) is 1. The van der Waals surface area contributed by atoms with Gasteiger partial charge in [0, 0.05) is 13.1 Å². The molecule has 1 aromatic carbocycles. The molecule has 0 spiro atoms. The molecule has 1 aliphatic rings. The fourth-order valence-electron chi connectivity index (χ4n) is 2.07. The predicted octanol–water partition coefficient (Wildman–Crippen LogP) is 0.798. The highest BCUT2D eigenvalue weighted by Gasteiger charge is 2.30. The molecule has 0 bridgehead atoms. The van der Waals surface area contributed by atoms with Gasteiger partial charge in [0.15, 0.2) is 11.5 Å². The summed E-state index contributed by atoms with van der Waals surface area (Å²) >= 11 is 0. The average molecular weight is 264 g/mol. The second kappa shape index (κ2) is 4.79. The number of hydrogen-bond donors (Lipinski definition) is 1. The van der Waals surface area contributed by atoms with Gasteiger partial charge in [-0.15, -0.1) is 0 Å². The number of methoxy groups -OCH3 is 2. The van der Waals surface area contributed by atoms with Crippen LogP contribution in [-0.2, 0) is 4.79 Å². The van der Waals surface area contributed by atoms with Crippen molar-refractivity contribution in [2.45, 2.75) is 13.0 Å². The molecule has 1 aromatic rings. The molecule has 0 saturated heterocycles. The van der Waals surface area contributed by atoms with E-state index in [1.165, 1.54) is 19.1 Å². The van der Waals surface area contributed by atoms with E-state index in [0.29, 0.717) is 22.7 Å². The molecule has 1 aliphatic heterocycles. The van der Waals surface area contributed by atoms with Gasteiger partial charge in [0.25, 0.3) is 5.91 Å². The lowest BCUT2D eigenvalue weighted by atomic mass is 10.1. The second-order valence-corrected chi connectivity index (χ2v) is 4.32.